The second-order valence-corrected chi connectivity index (χ2v) is 8.36. The normalized spacial score (nSPS) is 19.5. The van der Waals surface area contributed by atoms with E-state index in [1.807, 2.05) is 12.1 Å². The molecule has 8 heteroatoms. The van der Waals surface area contributed by atoms with Gasteiger partial charge in [0.15, 0.2) is 0 Å². The summed E-state index contributed by atoms with van der Waals surface area (Å²) in [6, 6.07) is 6.78. The van der Waals surface area contributed by atoms with E-state index in [4.69, 9.17) is 0 Å². The van der Waals surface area contributed by atoms with E-state index in [0.717, 1.165) is 18.1 Å². The number of hydrogen-bond donors (Lipinski definition) is 1. The first kappa shape index (κ1) is 14.3. The molecule has 0 aliphatic carbocycles. The molecule has 1 aliphatic rings. The Kier molecular flexibility index (Phi) is 3.59. The molecular formula is C11H16N2O4S2. The van der Waals surface area contributed by atoms with Crippen molar-refractivity contribution in [3.05, 3.63) is 29.8 Å². The monoisotopic (exact) mass is 304 g/mol. The van der Waals surface area contributed by atoms with Crippen LogP contribution in [-0.4, -0.2) is 41.9 Å². The van der Waals surface area contributed by atoms with Gasteiger partial charge in [-0.15, -0.1) is 0 Å². The number of nitrogens with zero attached hydrogens (tertiary/aromatic N) is 1. The number of benzene rings is 1. The Morgan fingerprint density at radius 3 is 2.42 bits per heavy atom. The fourth-order valence-electron chi connectivity index (χ4n) is 2.28. The van der Waals surface area contributed by atoms with E-state index in [-0.39, 0.29) is 6.54 Å². The Morgan fingerprint density at radius 1 is 1.21 bits per heavy atom. The zero-order chi connectivity index (χ0) is 14.3. The van der Waals surface area contributed by atoms with Crippen LogP contribution in [0.25, 0.3) is 0 Å². The summed E-state index contributed by atoms with van der Waals surface area (Å²) in [4.78, 5) is 0. The Balaban J connectivity index is 2.32. The van der Waals surface area contributed by atoms with Gasteiger partial charge in [-0.25, -0.2) is 21.6 Å². The molecule has 1 aromatic carbocycles. The molecule has 106 valence electrons. The zero-order valence-corrected chi connectivity index (χ0v) is 12.3. The summed E-state index contributed by atoms with van der Waals surface area (Å²) in [5.74, 6) is 0. The molecule has 0 saturated heterocycles. The van der Waals surface area contributed by atoms with Crippen LogP contribution in [-0.2, 0) is 26.5 Å². The summed E-state index contributed by atoms with van der Waals surface area (Å²) in [5, 5.41) is 0. The standard InChI is InChI=1S/C11H16N2O4S2/c1-18(14,15)12-8-10-7-9-5-3-4-6-11(9)13(10)19(2,16)17/h3-6,10,12H,7-8H2,1-2H3. The van der Waals surface area contributed by atoms with Gasteiger partial charge in [0.2, 0.25) is 20.0 Å². The fraction of sp³-hybridized carbons (Fsp3) is 0.455. The first-order chi connectivity index (χ1) is 8.68. The van der Waals surface area contributed by atoms with Crippen LogP contribution in [0.4, 0.5) is 5.69 Å². The third-order valence-electron chi connectivity index (χ3n) is 2.95. The van der Waals surface area contributed by atoms with Crippen molar-refractivity contribution in [2.24, 2.45) is 0 Å². The number of hydrogen-bond acceptors (Lipinski definition) is 4. The molecule has 0 fully saturated rings. The Morgan fingerprint density at radius 2 is 1.84 bits per heavy atom. The van der Waals surface area contributed by atoms with Crippen molar-refractivity contribution < 1.29 is 16.8 Å². The van der Waals surface area contributed by atoms with E-state index >= 15 is 0 Å². The molecule has 1 aromatic rings. The molecular weight excluding hydrogens is 288 g/mol. The molecule has 6 nitrogen and oxygen atoms in total. The fourth-order valence-corrected chi connectivity index (χ4v) is 4.01. The van der Waals surface area contributed by atoms with Crippen molar-refractivity contribution in [2.45, 2.75) is 12.5 Å². The van der Waals surface area contributed by atoms with Gasteiger partial charge in [0, 0.05) is 6.54 Å². The van der Waals surface area contributed by atoms with Gasteiger partial charge >= 0.3 is 0 Å². The van der Waals surface area contributed by atoms with E-state index in [9.17, 15) is 16.8 Å². The van der Waals surface area contributed by atoms with Crippen molar-refractivity contribution in [3.8, 4) is 0 Å². The smallest absolute Gasteiger partial charge is 0.232 e. The van der Waals surface area contributed by atoms with Gasteiger partial charge in [-0.1, -0.05) is 18.2 Å². The maximum atomic E-state index is 11.9. The largest absolute Gasteiger partial charge is 0.265 e. The van der Waals surface area contributed by atoms with E-state index in [2.05, 4.69) is 4.72 Å². The van der Waals surface area contributed by atoms with Crippen LogP contribution in [0, 0.1) is 0 Å². The van der Waals surface area contributed by atoms with Crippen LogP contribution in [0.3, 0.4) is 0 Å². The topological polar surface area (TPSA) is 83.6 Å². The number of rotatable bonds is 4. The first-order valence-corrected chi connectivity index (χ1v) is 9.44. The molecule has 0 bridgehead atoms. The van der Waals surface area contributed by atoms with Gasteiger partial charge in [-0.2, -0.15) is 0 Å². The molecule has 1 N–H and O–H groups in total. The van der Waals surface area contributed by atoms with E-state index < -0.39 is 26.1 Å². The van der Waals surface area contributed by atoms with E-state index in [1.165, 1.54) is 4.31 Å². The van der Waals surface area contributed by atoms with Gasteiger partial charge < -0.3 is 0 Å². The molecule has 1 unspecified atom stereocenters. The van der Waals surface area contributed by atoms with Crippen LogP contribution >= 0.6 is 0 Å². The van der Waals surface area contributed by atoms with Crippen molar-refractivity contribution in [1.82, 2.24) is 4.72 Å². The van der Waals surface area contributed by atoms with E-state index in [1.54, 1.807) is 12.1 Å². The maximum absolute atomic E-state index is 11.9. The van der Waals surface area contributed by atoms with Gasteiger partial charge in [0.05, 0.1) is 24.2 Å². The summed E-state index contributed by atoms with van der Waals surface area (Å²) in [5.41, 5.74) is 1.54. The number of fused-ring (bicyclic) bond motifs is 1. The molecule has 1 aliphatic heterocycles. The summed E-state index contributed by atoms with van der Waals surface area (Å²) in [6.45, 7) is 0.0700. The Bertz CT molecular complexity index is 682. The van der Waals surface area contributed by atoms with Gasteiger partial charge in [0.1, 0.15) is 0 Å². The molecule has 0 saturated carbocycles. The predicted octanol–water partition coefficient (Wildman–Crippen LogP) is -0.0735. The lowest BCUT2D eigenvalue weighted by molar-refractivity contribution is 0.565. The maximum Gasteiger partial charge on any atom is 0.232 e. The molecule has 0 aromatic heterocycles. The summed E-state index contributed by atoms with van der Waals surface area (Å²) in [6.07, 6.45) is 2.69. The van der Waals surface area contributed by atoms with Crippen molar-refractivity contribution in [2.75, 3.05) is 23.4 Å². The first-order valence-electron chi connectivity index (χ1n) is 5.70. The molecule has 1 heterocycles. The molecule has 19 heavy (non-hydrogen) atoms. The second kappa shape index (κ2) is 4.77. The van der Waals surface area contributed by atoms with Crippen LogP contribution in [0.15, 0.2) is 24.3 Å². The van der Waals surface area contributed by atoms with Crippen LogP contribution < -0.4 is 9.03 Å². The van der Waals surface area contributed by atoms with Gasteiger partial charge in [-0.05, 0) is 18.1 Å². The zero-order valence-electron chi connectivity index (χ0n) is 10.7. The number of nitrogens with one attached hydrogen (secondary N) is 1. The van der Waals surface area contributed by atoms with Gasteiger partial charge in [0.25, 0.3) is 0 Å². The average Bonchev–Trinajstić information content (AvgIpc) is 2.63. The second-order valence-electron chi connectivity index (χ2n) is 4.67. The minimum absolute atomic E-state index is 0.0700. The van der Waals surface area contributed by atoms with Crippen molar-refractivity contribution in [3.63, 3.8) is 0 Å². The molecule has 0 radical (unpaired) electrons. The van der Waals surface area contributed by atoms with E-state index in [0.29, 0.717) is 12.1 Å². The lowest BCUT2D eigenvalue weighted by atomic mass is 10.1. The van der Waals surface area contributed by atoms with Gasteiger partial charge in [-0.3, -0.25) is 4.31 Å². The van der Waals surface area contributed by atoms with Crippen LogP contribution in [0.2, 0.25) is 0 Å². The SMILES string of the molecule is CS(=O)(=O)NCC1Cc2ccccc2N1S(C)(=O)=O. The molecule has 1 atom stereocenters. The summed E-state index contributed by atoms with van der Waals surface area (Å²) >= 11 is 0. The average molecular weight is 304 g/mol. The lowest BCUT2D eigenvalue weighted by Gasteiger charge is -2.25. The highest BCUT2D eigenvalue weighted by atomic mass is 32.2. The summed E-state index contributed by atoms with van der Waals surface area (Å²) < 4.78 is 49.7. The minimum atomic E-state index is -3.43. The van der Waals surface area contributed by atoms with Crippen LogP contribution in [0.5, 0.6) is 0 Å². The highest BCUT2D eigenvalue weighted by Crippen LogP contribution is 2.33. The third kappa shape index (κ3) is 3.26. The Hall–Kier alpha value is -1.12. The number of para-hydroxylation sites is 1. The number of sulfonamides is 2. The highest BCUT2D eigenvalue weighted by Gasteiger charge is 2.35. The minimum Gasteiger partial charge on any atom is -0.265 e. The Labute approximate surface area is 113 Å². The molecule has 2 rings (SSSR count). The third-order valence-corrected chi connectivity index (χ3v) is 4.86. The quantitative estimate of drug-likeness (QED) is 0.844. The van der Waals surface area contributed by atoms with Crippen LogP contribution in [0.1, 0.15) is 5.56 Å². The number of anilines is 1. The highest BCUT2D eigenvalue weighted by molar-refractivity contribution is 7.92. The van der Waals surface area contributed by atoms with Crippen molar-refractivity contribution in [1.29, 1.82) is 0 Å². The van der Waals surface area contributed by atoms with Crippen molar-refractivity contribution >= 4 is 25.7 Å². The predicted molar refractivity (Wildman–Crippen MR) is 74.1 cm³/mol. The summed E-state index contributed by atoms with van der Waals surface area (Å²) in [7, 11) is -6.77. The molecule has 0 amide bonds. The molecule has 0 spiro atoms. The lowest BCUT2D eigenvalue weighted by Crippen LogP contribution is -2.44.